The first kappa shape index (κ1) is 17.8. The largest absolute Gasteiger partial charge is 0.394 e. The van der Waals surface area contributed by atoms with E-state index in [-0.39, 0.29) is 6.04 Å². The minimum absolute atomic E-state index is 0.334. The quantitative estimate of drug-likeness (QED) is 0.759. The van der Waals surface area contributed by atoms with Crippen molar-refractivity contribution in [3.63, 3.8) is 0 Å². The standard InChI is InChI=1S/C14H22F2N2O2S/c1-9(2)5-4-6-10(3)18-21(19,20)12-8-7-11(15)14(17)13(12)16/h7-10,18H,4-6,17H2,1-3H3. The molecule has 0 spiro atoms. The van der Waals surface area contributed by atoms with Crippen molar-refractivity contribution in [2.75, 3.05) is 5.73 Å². The van der Waals surface area contributed by atoms with Gasteiger partial charge in [0, 0.05) is 6.04 Å². The van der Waals surface area contributed by atoms with Gasteiger partial charge in [-0.05, 0) is 31.4 Å². The van der Waals surface area contributed by atoms with E-state index in [0.717, 1.165) is 25.0 Å². The van der Waals surface area contributed by atoms with E-state index in [9.17, 15) is 17.2 Å². The summed E-state index contributed by atoms with van der Waals surface area (Å²) in [6, 6.07) is 1.39. The summed E-state index contributed by atoms with van der Waals surface area (Å²) in [5.41, 5.74) is 4.39. The van der Waals surface area contributed by atoms with Gasteiger partial charge in [-0.2, -0.15) is 0 Å². The van der Waals surface area contributed by atoms with Crippen LogP contribution in [0.5, 0.6) is 0 Å². The SMILES string of the molecule is CC(C)CCCC(C)NS(=O)(=O)c1ccc(F)c(N)c1F. The van der Waals surface area contributed by atoms with Crippen LogP contribution in [-0.4, -0.2) is 14.5 Å². The molecule has 0 aliphatic rings. The smallest absolute Gasteiger partial charge is 0.243 e. The zero-order valence-electron chi connectivity index (χ0n) is 12.5. The van der Waals surface area contributed by atoms with E-state index >= 15 is 0 Å². The number of hydrogen-bond acceptors (Lipinski definition) is 3. The highest BCUT2D eigenvalue weighted by atomic mass is 32.2. The lowest BCUT2D eigenvalue weighted by molar-refractivity contribution is 0.486. The van der Waals surface area contributed by atoms with Crippen LogP contribution in [0.2, 0.25) is 0 Å². The van der Waals surface area contributed by atoms with Crippen molar-refractivity contribution in [1.82, 2.24) is 4.72 Å². The van der Waals surface area contributed by atoms with Crippen molar-refractivity contribution in [3.05, 3.63) is 23.8 Å². The van der Waals surface area contributed by atoms with Crippen LogP contribution in [-0.2, 0) is 10.0 Å². The topological polar surface area (TPSA) is 72.2 Å². The van der Waals surface area contributed by atoms with Crippen LogP contribution in [0.4, 0.5) is 14.5 Å². The maximum Gasteiger partial charge on any atom is 0.243 e. The van der Waals surface area contributed by atoms with E-state index in [1.165, 1.54) is 0 Å². The van der Waals surface area contributed by atoms with Gasteiger partial charge >= 0.3 is 0 Å². The molecule has 0 aromatic heterocycles. The van der Waals surface area contributed by atoms with E-state index in [4.69, 9.17) is 5.73 Å². The number of rotatable bonds is 7. The molecule has 4 nitrogen and oxygen atoms in total. The summed E-state index contributed by atoms with van der Waals surface area (Å²) in [6.07, 6.45) is 2.51. The summed E-state index contributed by atoms with van der Waals surface area (Å²) in [6.45, 7) is 5.89. The first-order chi connectivity index (χ1) is 9.65. The zero-order chi connectivity index (χ0) is 16.2. The molecule has 0 aliphatic heterocycles. The highest BCUT2D eigenvalue weighted by Gasteiger charge is 2.24. The molecule has 0 bridgehead atoms. The molecule has 1 aromatic carbocycles. The van der Waals surface area contributed by atoms with Gasteiger partial charge in [-0.25, -0.2) is 21.9 Å². The maximum atomic E-state index is 13.8. The van der Waals surface area contributed by atoms with E-state index < -0.39 is 32.2 Å². The van der Waals surface area contributed by atoms with Gasteiger partial charge in [-0.15, -0.1) is 0 Å². The second-order valence-electron chi connectivity index (χ2n) is 5.62. The number of benzene rings is 1. The Hall–Kier alpha value is -1.21. The van der Waals surface area contributed by atoms with Gasteiger partial charge in [0.2, 0.25) is 10.0 Å². The number of nitrogens with two attached hydrogens (primary N) is 1. The van der Waals surface area contributed by atoms with Crippen LogP contribution in [0.3, 0.4) is 0 Å². The fourth-order valence-corrected chi connectivity index (χ4v) is 3.34. The summed E-state index contributed by atoms with van der Waals surface area (Å²) in [5, 5.41) is 0. The molecule has 0 radical (unpaired) electrons. The number of halogens is 2. The number of sulfonamides is 1. The number of hydrogen-bond donors (Lipinski definition) is 2. The van der Waals surface area contributed by atoms with Crippen LogP contribution >= 0.6 is 0 Å². The van der Waals surface area contributed by atoms with Gasteiger partial charge in [-0.1, -0.05) is 26.7 Å². The Bertz CT molecular complexity index is 589. The highest BCUT2D eigenvalue weighted by molar-refractivity contribution is 7.89. The summed E-state index contributed by atoms with van der Waals surface area (Å²) >= 11 is 0. The number of anilines is 1. The molecule has 3 N–H and O–H groups in total. The molecule has 0 heterocycles. The fourth-order valence-electron chi connectivity index (χ4n) is 1.98. The molecule has 7 heteroatoms. The van der Waals surface area contributed by atoms with Crippen molar-refractivity contribution in [1.29, 1.82) is 0 Å². The lowest BCUT2D eigenvalue weighted by Crippen LogP contribution is -2.33. The van der Waals surface area contributed by atoms with Crippen molar-refractivity contribution < 1.29 is 17.2 Å². The van der Waals surface area contributed by atoms with Crippen molar-refractivity contribution >= 4 is 15.7 Å². The van der Waals surface area contributed by atoms with Crippen LogP contribution < -0.4 is 10.5 Å². The minimum atomic E-state index is -4.05. The van der Waals surface area contributed by atoms with E-state index in [0.29, 0.717) is 12.3 Å². The lowest BCUT2D eigenvalue weighted by atomic mass is 10.0. The fraction of sp³-hybridized carbons (Fsp3) is 0.571. The third-order valence-electron chi connectivity index (χ3n) is 3.16. The van der Waals surface area contributed by atoms with Gasteiger partial charge in [-0.3, -0.25) is 0 Å². The summed E-state index contributed by atoms with van der Waals surface area (Å²) in [4.78, 5) is -0.628. The monoisotopic (exact) mass is 320 g/mol. The Morgan fingerprint density at radius 1 is 1.19 bits per heavy atom. The highest BCUT2D eigenvalue weighted by Crippen LogP contribution is 2.23. The molecular weight excluding hydrogens is 298 g/mol. The van der Waals surface area contributed by atoms with Crippen molar-refractivity contribution in [2.24, 2.45) is 5.92 Å². The first-order valence-electron chi connectivity index (χ1n) is 6.91. The molecule has 21 heavy (non-hydrogen) atoms. The second kappa shape index (κ2) is 7.17. The number of nitrogens with one attached hydrogen (secondary N) is 1. The Kier molecular flexibility index (Phi) is 6.10. The van der Waals surface area contributed by atoms with Gasteiger partial charge in [0.1, 0.15) is 16.4 Å². The summed E-state index contributed by atoms with van der Waals surface area (Å²) in [5.74, 6) is -1.68. The molecule has 0 aliphatic carbocycles. The Labute approximate surface area is 124 Å². The molecule has 0 saturated carbocycles. The Morgan fingerprint density at radius 2 is 1.81 bits per heavy atom. The van der Waals surface area contributed by atoms with Gasteiger partial charge in [0.25, 0.3) is 0 Å². The average Bonchev–Trinajstić information content (AvgIpc) is 2.34. The van der Waals surface area contributed by atoms with E-state index in [1.54, 1.807) is 6.92 Å². The van der Waals surface area contributed by atoms with Gasteiger partial charge < -0.3 is 5.73 Å². The second-order valence-corrected chi connectivity index (χ2v) is 7.30. The van der Waals surface area contributed by atoms with Crippen molar-refractivity contribution in [2.45, 2.75) is 51.0 Å². The molecule has 1 atom stereocenters. The zero-order valence-corrected chi connectivity index (χ0v) is 13.3. The lowest BCUT2D eigenvalue weighted by Gasteiger charge is -2.15. The molecule has 0 amide bonds. The molecule has 1 unspecified atom stereocenters. The predicted octanol–water partition coefficient (Wildman–Crippen LogP) is 3.04. The maximum absolute atomic E-state index is 13.8. The molecule has 1 aromatic rings. The number of nitrogen functional groups attached to an aromatic ring is 1. The van der Waals surface area contributed by atoms with Crippen LogP contribution in [0, 0.1) is 17.6 Å². The van der Waals surface area contributed by atoms with Gasteiger partial charge in [0.15, 0.2) is 5.82 Å². The molecule has 0 saturated heterocycles. The van der Waals surface area contributed by atoms with Crippen molar-refractivity contribution in [3.8, 4) is 0 Å². The predicted molar refractivity (Wildman–Crippen MR) is 79.2 cm³/mol. The molecule has 1 rings (SSSR count). The minimum Gasteiger partial charge on any atom is -0.394 e. The van der Waals surface area contributed by atoms with E-state index in [1.807, 2.05) is 0 Å². The van der Waals surface area contributed by atoms with Crippen LogP contribution in [0.15, 0.2) is 17.0 Å². The Morgan fingerprint density at radius 3 is 2.38 bits per heavy atom. The van der Waals surface area contributed by atoms with Gasteiger partial charge in [0.05, 0.1) is 0 Å². The molecule has 120 valence electrons. The summed E-state index contributed by atoms with van der Waals surface area (Å²) in [7, 11) is -4.05. The average molecular weight is 320 g/mol. The van der Waals surface area contributed by atoms with Crippen LogP contribution in [0.25, 0.3) is 0 Å². The van der Waals surface area contributed by atoms with Crippen LogP contribution in [0.1, 0.15) is 40.0 Å². The van der Waals surface area contributed by atoms with E-state index in [2.05, 4.69) is 18.6 Å². The molecule has 0 fully saturated rings. The third-order valence-corrected chi connectivity index (χ3v) is 4.76. The third kappa shape index (κ3) is 4.93. The molecular formula is C14H22F2N2O2S. The Balaban J connectivity index is 2.80. The summed E-state index contributed by atoms with van der Waals surface area (Å²) < 4.78 is 53.4. The first-order valence-corrected chi connectivity index (χ1v) is 8.39. The normalized spacial score (nSPS) is 13.6.